The summed E-state index contributed by atoms with van der Waals surface area (Å²) in [4.78, 5) is 24.2. The predicted molar refractivity (Wildman–Crippen MR) is 149 cm³/mol. The van der Waals surface area contributed by atoms with Crippen molar-refractivity contribution in [2.24, 2.45) is 11.8 Å². The Morgan fingerprint density at radius 2 is 1.40 bits per heavy atom. The van der Waals surface area contributed by atoms with Crippen molar-refractivity contribution in [3.63, 3.8) is 0 Å². The van der Waals surface area contributed by atoms with Gasteiger partial charge in [0.1, 0.15) is 0 Å². The molecule has 0 radical (unpaired) electrons. The number of hydrogen-bond acceptors (Lipinski definition) is 8. The van der Waals surface area contributed by atoms with Gasteiger partial charge in [-0.25, -0.2) is 16.8 Å². The molecule has 1 fully saturated rings. The summed E-state index contributed by atoms with van der Waals surface area (Å²) in [6.45, 7) is 4.23. The predicted octanol–water partition coefficient (Wildman–Crippen LogP) is 4.60. The molecule has 0 spiro atoms. The van der Waals surface area contributed by atoms with Gasteiger partial charge >= 0.3 is 11.9 Å². The van der Waals surface area contributed by atoms with E-state index in [9.17, 15) is 26.4 Å². The second-order valence-electron chi connectivity index (χ2n) is 9.87. The molecule has 2 aromatic carbocycles. The molecule has 8 nitrogen and oxygen atoms in total. The quantitative estimate of drug-likeness (QED) is 0.251. The molecule has 0 amide bonds. The van der Waals surface area contributed by atoms with Crippen molar-refractivity contribution < 1.29 is 35.9 Å². The summed E-state index contributed by atoms with van der Waals surface area (Å²) >= 11 is 0. The van der Waals surface area contributed by atoms with Gasteiger partial charge in [0, 0.05) is 12.3 Å². The third-order valence-electron chi connectivity index (χ3n) is 7.81. The highest BCUT2D eigenvalue weighted by atomic mass is 32.3. The summed E-state index contributed by atoms with van der Waals surface area (Å²) in [5, 5.41) is 0. The van der Waals surface area contributed by atoms with Gasteiger partial charge in [-0.1, -0.05) is 60.7 Å². The molecule has 0 aliphatic heterocycles. The minimum atomic E-state index is -4.39. The van der Waals surface area contributed by atoms with Gasteiger partial charge in [0.25, 0.3) is 0 Å². The van der Waals surface area contributed by atoms with Crippen LogP contribution in [0.1, 0.15) is 32.1 Å². The van der Waals surface area contributed by atoms with Gasteiger partial charge in [-0.2, -0.15) is 0 Å². The van der Waals surface area contributed by atoms with E-state index >= 15 is 0 Å². The maximum absolute atomic E-state index is 14.3. The minimum absolute atomic E-state index is 0.00917. The molecule has 2 aromatic rings. The third-order valence-corrected chi connectivity index (χ3v) is 13.5. The summed E-state index contributed by atoms with van der Waals surface area (Å²) in [5.74, 6) is -3.18. The van der Waals surface area contributed by atoms with Gasteiger partial charge in [-0.05, 0) is 61.1 Å². The van der Waals surface area contributed by atoms with Gasteiger partial charge in [-0.15, -0.1) is 0 Å². The van der Waals surface area contributed by atoms with Crippen molar-refractivity contribution >= 4 is 31.6 Å². The molecule has 40 heavy (non-hydrogen) atoms. The van der Waals surface area contributed by atoms with Crippen LogP contribution in [0.5, 0.6) is 0 Å². The lowest BCUT2D eigenvalue weighted by Crippen LogP contribution is -2.50. The highest BCUT2D eigenvalue weighted by molar-refractivity contribution is 8.10. The lowest BCUT2D eigenvalue weighted by Gasteiger charge is -2.42. The number of carbonyl (C=O) groups is 2. The van der Waals surface area contributed by atoms with E-state index in [1.807, 2.05) is 0 Å². The molecule has 10 heteroatoms. The molecule has 0 bridgehead atoms. The first-order valence-electron chi connectivity index (χ1n) is 12.8. The average molecular weight is 585 g/mol. The van der Waals surface area contributed by atoms with E-state index in [4.69, 9.17) is 9.47 Å². The lowest BCUT2D eigenvalue weighted by molar-refractivity contribution is -0.158. The molecule has 2 aliphatic rings. The Kier molecular flexibility index (Phi) is 8.51. The first-order chi connectivity index (χ1) is 19.0. The van der Waals surface area contributed by atoms with Gasteiger partial charge in [0.2, 0.25) is 0 Å². The highest BCUT2D eigenvalue weighted by Gasteiger charge is 2.58. The van der Waals surface area contributed by atoms with Crippen LogP contribution in [-0.2, 0) is 38.7 Å². The van der Waals surface area contributed by atoms with E-state index < -0.39 is 47.5 Å². The molecular weight excluding hydrogens is 552 g/mol. The summed E-state index contributed by atoms with van der Waals surface area (Å²) in [6.07, 6.45) is 4.19. The Morgan fingerprint density at radius 3 is 1.88 bits per heavy atom. The van der Waals surface area contributed by atoms with Crippen molar-refractivity contribution in [2.45, 2.75) is 46.0 Å². The number of rotatable bonds is 8. The molecule has 1 unspecified atom stereocenters. The second kappa shape index (κ2) is 11.5. The lowest BCUT2D eigenvalue weighted by atomic mass is 9.72. The monoisotopic (exact) mass is 584 g/mol. The number of benzene rings is 2. The standard InChI is InChI=1S/C30H32O8S2/c1-21-22(16-17-26(28(31)37-2)29(32)38-3)14-15-23-18-19-30(20-27(21)23,39(33,34)24-10-6-4-7-11-24)40(35,36)25-12-8-5-9-13-25/h4-13,16,18,26-27H,1,14-15,17,19-20H2,2-3H3/b22-16+. The zero-order chi connectivity index (χ0) is 29.1. The first-order valence-corrected chi connectivity index (χ1v) is 15.8. The number of carbonyl (C=O) groups excluding carboxylic acids is 2. The van der Waals surface area contributed by atoms with Crippen LogP contribution < -0.4 is 0 Å². The number of ether oxygens (including phenoxy) is 2. The Hall–Kier alpha value is -3.50. The van der Waals surface area contributed by atoms with Crippen LogP contribution in [0.3, 0.4) is 0 Å². The van der Waals surface area contributed by atoms with E-state index in [0.29, 0.717) is 18.4 Å². The molecular formula is C30H32O8S2. The van der Waals surface area contributed by atoms with Crippen LogP contribution in [0.2, 0.25) is 0 Å². The molecule has 2 aliphatic carbocycles. The Labute approximate surface area is 235 Å². The zero-order valence-electron chi connectivity index (χ0n) is 22.4. The number of esters is 2. The van der Waals surface area contributed by atoms with E-state index in [0.717, 1.165) is 11.1 Å². The van der Waals surface area contributed by atoms with Gasteiger partial charge in [0.05, 0.1) is 24.0 Å². The van der Waals surface area contributed by atoms with Gasteiger partial charge in [0.15, 0.2) is 29.7 Å². The molecule has 0 aromatic heterocycles. The van der Waals surface area contributed by atoms with Crippen LogP contribution in [0.15, 0.2) is 106 Å². The summed E-state index contributed by atoms with van der Waals surface area (Å²) in [6, 6.07) is 15.3. The van der Waals surface area contributed by atoms with Crippen LogP contribution in [0.25, 0.3) is 0 Å². The molecule has 0 N–H and O–H groups in total. The Balaban J connectivity index is 1.79. The molecule has 0 saturated heterocycles. The first kappa shape index (κ1) is 29.5. The van der Waals surface area contributed by atoms with Crippen LogP contribution in [-0.4, -0.2) is 47.1 Å². The SMILES string of the molecule is C=C1/C(=C/CC(C(=O)OC)C(=O)OC)CCC2=CCC(S(=O)(=O)c3ccccc3)(S(=O)(=O)c3ccccc3)CC12. The maximum Gasteiger partial charge on any atom is 0.320 e. The van der Waals surface area contributed by atoms with Gasteiger partial charge in [-0.3, -0.25) is 9.59 Å². The largest absolute Gasteiger partial charge is 0.468 e. The number of methoxy groups -OCH3 is 2. The minimum Gasteiger partial charge on any atom is -0.468 e. The number of allylic oxidation sites excluding steroid dienone is 5. The summed E-state index contributed by atoms with van der Waals surface area (Å²) < 4.78 is 64.4. The zero-order valence-corrected chi connectivity index (χ0v) is 24.0. The fourth-order valence-electron chi connectivity index (χ4n) is 5.52. The van der Waals surface area contributed by atoms with Crippen LogP contribution in [0, 0.1) is 11.8 Å². The fourth-order valence-corrected chi connectivity index (χ4v) is 10.5. The smallest absolute Gasteiger partial charge is 0.320 e. The molecule has 1 atom stereocenters. The van der Waals surface area contributed by atoms with E-state index in [2.05, 4.69) is 6.58 Å². The van der Waals surface area contributed by atoms with E-state index in [-0.39, 0.29) is 29.1 Å². The van der Waals surface area contributed by atoms with Crippen molar-refractivity contribution in [2.75, 3.05) is 14.2 Å². The third kappa shape index (κ3) is 5.06. The van der Waals surface area contributed by atoms with Crippen molar-refractivity contribution in [1.29, 1.82) is 0 Å². The van der Waals surface area contributed by atoms with Crippen LogP contribution in [0.4, 0.5) is 0 Å². The Morgan fingerprint density at radius 1 is 0.900 bits per heavy atom. The summed E-state index contributed by atoms with van der Waals surface area (Å²) in [5.41, 5.74) is 2.24. The molecule has 1 saturated carbocycles. The summed E-state index contributed by atoms with van der Waals surface area (Å²) in [7, 11) is -6.41. The normalized spacial score (nSPS) is 20.0. The fraction of sp³-hybridized carbons (Fsp3) is 0.333. The average Bonchev–Trinajstić information content (AvgIpc) is 2.98. The van der Waals surface area contributed by atoms with E-state index in [1.165, 1.54) is 38.5 Å². The van der Waals surface area contributed by atoms with Crippen molar-refractivity contribution in [3.05, 3.63) is 96.1 Å². The molecule has 4 rings (SSSR count). The topological polar surface area (TPSA) is 121 Å². The van der Waals surface area contributed by atoms with Crippen molar-refractivity contribution in [3.8, 4) is 0 Å². The van der Waals surface area contributed by atoms with E-state index in [1.54, 1.807) is 48.6 Å². The number of fused-ring (bicyclic) bond motifs is 1. The number of hydrogen-bond donors (Lipinski definition) is 0. The van der Waals surface area contributed by atoms with Crippen molar-refractivity contribution in [1.82, 2.24) is 0 Å². The van der Waals surface area contributed by atoms with Gasteiger partial charge < -0.3 is 9.47 Å². The number of sulfone groups is 2. The second-order valence-corrected chi connectivity index (χ2v) is 14.7. The highest BCUT2D eigenvalue weighted by Crippen LogP contribution is 2.52. The van der Waals surface area contributed by atoms with Crippen LogP contribution >= 0.6 is 0 Å². The molecule has 0 heterocycles. The maximum atomic E-state index is 14.3. The Bertz CT molecular complexity index is 1480. The molecule has 212 valence electrons.